The van der Waals surface area contributed by atoms with Crippen molar-refractivity contribution >= 4 is 12.2 Å². The van der Waals surface area contributed by atoms with Crippen LogP contribution in [0.1, 0.15) is 48.5 Å². The van der Waals surface area contributed by atoms with Gasteiger partial charge >= 0.3 is 12.2 Å². The van der Waals surface area contributed by atoms with Crippen molar-refractivity contribution in [3.8, 4) is 0 Å². The Balaban J connectivity index is 5.07. The molecule has 0 aromatic carbocycles. The third kappa shape index (κ3) is 6.84. The maximum absolute atomic E-state index is 12.0. The Morgan fingerprint density at radius 1 is 1.00 bits per heavy atom. The fraction of sp³-hybridized carbons (Fsp3) is 0.714. The summed E-state index contributed by atoms with van der Waals surface area (Å²) in [6, 6.07) is -0.510. The Hall–Kier alpha value is -1.52. The lowest BCUT2D eigenvalue weighted by molar-refractivity contribution is -0.00230. The fourth-order valence-corrected chi connectivity index (χ4v) is 1.13. The zero-order valence-electron chi connectivity index (χ0n) is 12.9. The molecule has 0 spiro atoms. The summed E-state index contributed by atoms with van der Waals surface area (Å²) in [5.74, 6) is 0. The highest BCUT2D eigenvalue weighted by Gasteiger charge is 2.33. The van der Waals surface area contributed by atoms with Gasteiger partial charge in [-0.3, -0.25) is 0 Å². The van der Waals surface area contributed by atoms with Crippen LogP contribution in [0, 0.1) is 0 Å². The van der Waals surface area contributed by atoms with Gasteiger partial charge in [0.15, 0.2) is 0 Å². The lowest BCUT2D eigenvalue weighted by Gasteiger charge is -2.30. The molecule has 0 bridgehead atoms. The molecule has 0 fully saturated rings. The first kappa shape index (κ1) is 17.5. The number of carbonyl (C=O) groups excluding carboxylic acids is 2. The number of nitrogens with zero attached hydrogens (tertiary/aromatic N) is 1. The maximum Gasteiger partial charge on any atom is 0.420 e. The molecule has 0 aromatic heterocycles. The highest BCUT2D eigenvalue weighted by molar-refractivity contribution is 5.88. The fourth-order valence-electron chi connectivity index (χ4n) is 1.13. The number of imide groups is 1. The molecule has 0 saturated carbocycles. The van der Waals surface area contributed by atoms with Crippen molar-refractivity contribution < 1.29 is 19.1 Å². The summed E-state index contributed by atoms with van der Waals surface area (Å²) in [5, 5.41) is 0. The molecule has 0 aliphatic heterocycles. The number of ether oxygens (including phenoxy) is 2. The van der Waals surface area contributed by atoms with E-state index in [0.29, 0.717) is 0 Å². The van der Waals surface area contributed by atoms with E-state index in [-0.39, 0.29) is 0 Å². The van der Waals surface area contributed by atoms with Gasteiger partial charge in [0.25, 0.3) is 0 Å². The first-order valence-corrected chi connectivity index (χ1v) is 6.25. The van der Waals surface area contributed by atoms with Gasteiger partial charge in [-0.25, -0.2) is 14.5 Å². The van der Waals surface area contributed by atoms with Crippen LogP contribution in [-0.2, 0) is 9.47 Å². The summed E-state index contributed by atoms with van der Waals surface area (Å²) in [6.07, 6.45) is -0.00306. The van der Waals surface area contributed by atoms with Crippen molar-refractivity contribution in [1.82, 2.24) is 4.90 Å². The molecule has 0 heterocycles. The van der Waals surface area contributed by atoms with E-state index >= 15 is 0 Å². The molecule has 5 nitrogen and oxygen atoms in total. The van der Waals surface area contributed by atoms with E-state index in [9.17, 15) is 9.59 Å². The molecule has 0 radical (unpaired) electrons. The van der Waals surface area contributed by atoms with Crippen molar-refractivity contribution in [1.29, 1.82) is 0 Å². The summed E-state index contributed by atoms with van der Waals surface area (Å²) in [6.45, 7) is 15.6. The molecule has 2 amide bonds. The first-order valence-electron chi connectivity index (χ1n) is 6.25. The molecule has 110 valence electrons. The minimum atomic E-state index is -0.742. The summed E-state index contributed by atoms with van der Waals surface area (Å²) < 4.78 is 10.4. The van der Waals surface area contributed by atoms with Gasteiger partial charge in [0, 0.05) is 0 Å². The molecule has 5 heteroatoms. The van der Waals surface area contributed by atoms with E-state index in [1.165, 1.54) is 6.08 Å². The van der Waals surface area contributed by atoms with Gasteiger partial charge in [-0.2, -0.15) is 0 Å². The van der Waals surface area contributed by atoms with Crippen molar-refractivity contribution in [2.75, 3.05) is 0 Å². The smallest absolute Gasteiger partial charge is 0.420 e. The largest absolute Gasteiger partial charge is 0.443 e. The Bertz CT molecular complexity index is 321. The van der Waals surface area contributed by atoms with Gasteiger partial charge in [-0.05, 0) is 48.5 Å². The minimum absolute atomic E-state index is 0.510. The van der Waals surface area contributed by atoms with Crippen molar-refractivity contribution in [2.45, 2.75) is 65.7 Å². The predicted molar refractivity (Wildman–Crippen MR) is 74.0 cm³/mol. The Morgan fingerprint density at radius 3 is 1.53 bits per heavy atom. The molecule has 0 saturated heterocycles. The monoisotopic (exact) mass is 271 g/mol. The second kappa shape index (κ2) is 6.08. The Kier molecular flexibility index (Phi) is 5.60. The Morgan fingerprint density at radius 2 is 1.32 bits per heavy atom. The van der Waals surface area contributed by atoms with Crippen LogP contribution in [0.25, 0.3) is 0 Å². The van der Waals surface area contributed by atoms with Crippen LogP contribution >= 0.6 is 0 Å². The molecule has 19 heavy (non-hydrogen) atoms. The zero-order valence-corrected chi connectivity index (χ0v) is 12.9. The number of hydrogen-bond acceptors (Lipinski definition) is 4. The lowest BCUT2D eigenvalue weighted by atomic mass is 10.2. The van der Waals surface area contributed by atoms with Crippen LogP contribution in [0.3, 0.4) is 0 Å². The minimum Gasteiger partial charge on any atom is -0.443 e. The normalized spacial score (nSPS) is 13.4. The zero-order chi connectivity index (χ0) is 15.4. The first-order chi connectivity index (χ1) is 8.37. The molecule has 0 aromatic rings. The number of hydrogen-bond donors (Lipinski definition) is 0. The molecule has 0 unspecified atom stereocenters. The van der Waals surface area contributed by atoms with Gasteiger partial charge in [-0.1, -0.05) is 6.08 Å². The quantitative estimate of drug-likeness (QED) is 0.718. The highest BCUT2D eigenvalue weighted by Crippen LogP contribution is 2.16. The average molecular weight is 271 g/mol. The molecule has 0 aliphatic carbocycles. The van der Waals surface area contributed by atoms with Gasteiger partial charge in [-0.15, -0.1) is 6.58 Å². The van der Waals surface area contributed by atoms with Crippen LogP contribution in [0.5, 0.6) is 0 Å². The molecule has 1 atom stereocenters. The summed E-state index contributed by atoms with van der Waals surface area (Å²) in [7, 11) is 0. The highest BCUT2D eigenvalue weighted by atomic mass is 16.6. The van der Waals surface area contributed by atoms with Crippen LogP contribution in [-0.4, -0.2) is 34.3 Å². The third-order valence-corrected chi connectivity index (χ3v) is 1.93. The van der Waals surface area contributed by atoms with Crippen molar-refractivity contribution in [2.24, 2.45) is 0 Å². The predicted octanol–water partition coefficient (Wildman–Crippen LogP) is 3.73. The van der Waals surface area contributed by atoms with E-state index < -0.39 is 29.4 Å². The summed E-state index contributed by atoms with van der Waals surface area (Å²) in [4.78, 5) is 25.0. The van der Waals surface area contributed by atoms with E-state index in [1.54, 1.807) is 48.5 Å². The number of amides is 2. The van der Waals surface area contributed by atoms with Crippen LogP contribution < -0.4 is 0 Å². The van der Waals surface area contributed by atoms with E-state index in [2.05, 4.69) is 6.58 Å². The average Bonchev–Trinajstić information content (AvgIpc) is 2.11. The van der Waals surface area contributed by atoms with Gasteiger partial charge in [0.2, 0.25) is 0 Å². The van der Waals surface area contributed by atoms with Crippen LogP contribution in [0.4, 0.5) is 9.59 Å². The molecular weight excluding hydrogens is 246 g/mol. The SMILES string of the molecule is C=C[C@@H](C)N(C(=O)OC(C)(C)C)C(=O)OC(C)(C)C. The number of carbonyl (C=O) groups is 2. The van der Waals surface area contributed by atoms with Gasteiger partial charge in [0.1, 0.15) is 11.2 Å². The van der Waals surface area contributed by atoms with Crippen molar-refractivity contribution in [3.05, 3.63) is 12.7 Å². The molecule has 0 N–H and O–H groups in total. The molecule has 0 rings (SSSR count). The van der Waals surface area contributed by atoms with E-state index in [1.807, 2.05) is 0 Å². The molecule has 0 aliphatic rings. The van der Waals surface area contributed by atoms with Gasteiger partial charge in [0.05, 0.1) is 6.04 Å². The summed E-state index contributed by atoms with van der Waals surface area (Å²) >= 11 is 0. The van der Waals surface area contributed by atoms with E-state index in [0.717, 1.165) is 4.90 Å². The Labute approximate surface area is 115 Å². The second-order valence-electron chi connectivity index (χ2n) is 6.31. The van der Waals surface area contributed by atoms with E-state index in [4.69, 9.17) is 9.47 Å². The lowest BCUT2D eigenvalue weighted by Crippen LogP contribution is -2.47. The van der Waals surface area contributed by atoms with Crippen molar-refractivity contribution in [3.63, 3.8) is 0 Å². The van der Waals surface area contributed by atoms with Crippen LogP contribution in [0.2, 0.25) is 0 Å². The maximum atomic E-state index is 12.0. The van der Waals surface area contributed by atoms with Crippen LogP contribution in [0.15, 0.2) is 12.7 Å². The number of rotatable bonds is 2. The molecular formula is C14H25NO4. The standard InChI is InChI=1S/C14H25NO4/c1-9-10(2)15(11(16)18-13(3,4)5)12(17)19-14(6,7)8/h9-10H,1H2,2-8H3/t10-/m1/s1. The topological polar surface area (TPSA) is 55.8 Å². The summed E-state index contributed by atoms with van der Waals surface area (Å²) in [5.41, 5.74) is -1.36. The third-order valence-electron chi connectivity index (χ3n) is 1.93. The van der Waals surface area contributed by atoms with Gasteiger partial charge < -0.3 is 9.47 Å². The second-order valence-corrected chi connectivity index (χ2v) is 6.31.